The fourth-order valence-electron chi connectivity index (χ4n) is 2.05. The first-order chi connectivity index (χ1) is 9.15. The summed E-state index contributed by atoms with van der Waals surface area (Å²) in [5.74, 6) is -0.533. The number of aromatic amines is 1. The van der Waals surface area contributed by atoms with Gasteiger partial charge in [0.05, 0.1) is 7.11 Å². The Morgan fingerprint density at radius 2 is 2.11 bits per heavy atom. The summed E-state index contributed by atoms with van der Waals surface area (Å²) in [6.45, 7) is 2.14. The van der Waals surface area contributed by atoms with Crippen molar-refractivity contribution < 1.29 is 9.53 Å². The molecule has 0 radical (unpaired) electrons. The average molecular weight is 259 g/mol. The second-order valence-corrected chi connectivity index (χ2v) is 4.52. The molecule has 0 aliphatic heterocycles. The molecule has 0 saturated carbocycles. The molecule has 4 heteroatoms. The molecule has 0 fully saturated rings. The van der Waals surface area contributed by atoms with Gasteiger partial charge in [0.2, 0.25) is 0 Å². The van der Waals surface area contributed by atoms with Crippen LogP contribution in [0.2, 0.25) is 0 Å². The zero-order valence-corrected chi connectivity index (χ0v) is 11.2. The van der Waals surface area contributed by atoms with Crippen LogP contribution in [0.4, 0.5) is 0 Å². The minimum Gasteiger partial charge on any atom is -0.464 e. The number of carbonyl (C=O) groups is 1. The Balaban J connectivity index is 2.48. The number of unbranched alkanes of at least 4 members (excludes halogenated alkanes) is 1. The van der Waals surface area contributed by atoms with Gasteiger partial charge >= 0.3 is 5.97 Å². The van der Waals surface area contributed by atoms with Gasteiger partial charge in [-0.1, -0.05) is 19.4 Å². The number of esters is 1. The molecule has 1 aromatic heterocycles. The first-order valence-electron chi connectivity index (χ1n) is 6.40. The highest BCUT2D eigenvalue weighted by atomic mass is 16.5. The van der Waals surface area contributed by atoms with Crippen molar-refractivity contribution >= 4 is 16.9 Å². The first-order valence-corrected chi connectivity index (χ1v) is 6.40. The number of hydrogen-bond donors (Lipinski definition) is 1. The second kappa shape index (κ2) is 5.69. The Bertz CT molecular complexity index is 658. The lowest BCUT2D eigenvalue weighted by atomic mass is 10.1. The normalized spacial score (nSPS) is 10.6. The quantitative estimate of drug-likeness (QED) is 0.859. The molecule has 0 atom stereocenters. The predicted octanol–water partition coefficient (Wildman–Crippen LogP) is 2.66. The molecule has 1 heterocycles. The summed E-state index contributed by atoms with van der Waals surface area (Å²) in [6.07, 6.45) is 3.18. The van der Waals surface area contributed by atoms with E-state index >= 15 is 0 Å². The summed E-state index contributed by atoms with van der Waals surface area (Å²) in [4.78, 5) is 26.4. The Kier molecular flexibility index (Phi) is 4.00. The van der Waals surface area contributed by atoms with Gasteiger partial charge in [-0.2, -0.15) is 0 Å². The number of benzene rings is 1. The van der Waals surface area contributed by atoms with Crippen LogP contribution in [0.3, 0.4) is 0 Å². The average Bonchev–Trinajstić information content (AvgIpc) is 2.44. The molecule has 2 aromatic rings. The Labute approximate surface area is 111 Å². The molecule has 0 aliphatic rings. The number of methoxy groups -OCH3 is 1. The predicted molar refractivity (Wildman–Crippen MR) is 74.5 cm³/mol. The van der Waals surface area contributed by atoms with E-state index in [4.69, 9.17) is 0 Å². The monoisotopic (exact) mass is 259 g/mol. The smallest absolute Gasteiger partial charge is 0.354 e. The van der Waals surface area contributed by atoms with Crippen LogP contribution < -0.4 is 5.43 Å². The molecule has 4 nitrogen and oxygen atoms in total. The van der Waals surface area contributed by atoms with Crippen LogP contribution >= 0.6 is 0 Å². The highest BCUT2D eigenvalue weighted by Gasteiger charge is 2.09. The van der Waals surface area contributed by atoms with Crippen LogP contribution in [-0.4, -0.2) is 18.1 Å². The highest BCUT2D eigenvalue weighted by molar-refractivity contribution is 5.91. The molecule has 19 heavy (non-hydrogen) atoms. The van der Waals surface area contributed by atoms with Gasteiger partial charge < -0.3 is 9.72 Å². The van der Waals surface area contributed by atoms with Crippen LogP contribution in [0.15, 0.2) is 29.1 Å². The van der Waals surface area contributed by atoms with Crippen molar-refractivity contribution in [3.63, 3.8) is 0 Å². The lowest BCUT2D eigenvalue weighted by Crippen LogP contribution is -2.11. The molecule has 0 bridgehead atoms. The Morgan fingerprint density at radius 1 is 1.32 bits per heavy atom. The van der Waals surface area contributed by atoms with Crippen LogP contribution in [0.25, 0.3) is 10.9 Å². The Morgan fingerprint density at radius 3 is 2.79 bits per heavy atom. The zero-order valence-electron chi connectivity index (χ0n) is 11.2. The fraction of sp³-hybridized carbons (Fsp3) is 0.333. The van der Waals surface area contributed by atoms with Gasteiger partial charge in [-0.25, -0.2) is 4.79 Å². The van der Waals surface area contributed by atoms with Crippen molar-refractivity contribution in [2.24, 2.45) is 0 Å². The number of H-pyrrole nitrogens is 1. The van der Waals surface area contributed by atoms with Crippen molar-refractivity contribution in [2.45, 2.75) is 26.2 Å². The maximum Gasteiger partial charge on any atom is 0.354 e. The molecule has 0 saturated heterocycles. The minimum absolute atomic E-state index is 0.160. The maximum atomic E-state index is 12.0. The third-order valence-electron chi connectivity index (χ3n) is 3.12. The number of rotatable bonds is 4. The van der Waals surface area contributed by atoms with Crippen molar-refractivity contribution in [1.29, 1.82) is 0 Å². The molecular formula is C15H17NO3. The van der Waals surface area contributed by atoms with E-state index in [0.717, 1.165) is 24.8 Å². The number of nitrogens with one attached hydrogen (secondary N) is 1. The molecule has 2 rings (SSSR count). The number of pyridine rings is 1. The number of aromatic nitrogens is 1. The molecule has 1 N–H and O–H groups in total. The number of aryl methyl sites for hydroxylation is 1. The standard InChI is InChI=1S/C15H17NO3/c1-3-4-5-10-6-7-12-11(8-10)14(17)9-13(16-12)15(18)19-2/h6-9H,3-5H2,1-2H3,(H,16,17). The van der Waals surface area contributed by atoms with E-state index in [-0.39, 0.29) is 11.1 Å². The zero-order chi connectivity index (χ0) is 13.8. The van der Waals surface area contributed by atoms with E-state index < -0.39 is 5.97 Å². The number of hydrogen-bond acceptors (Lipinski definition) is 3. The summed E-state index contributed by atoms with van der Waals surface area (Å²) >= 11 is 0. The van der Waals surface area contributed by atoms with Crippen LogP contribution in [-0.2, 0) is 11.2 Å². The molecule has 0 amide bonds. The lowest BCUT2D eigenvalue weighted by Gasteiger charge is -2.05. The summed E-state index contributed by atoms with van der Waals surface area (Å²) in [5, 5.41) is 0.612. The van der Waals surface area contributed by atoms with E-state index in [1.807, 2.05) is 18.2 Å². The van der Waals surface area contributed by atoms with Gasteiger partial charge in [0.15, 0.2) is 5.43 Å². The minimum atomic E-state index is -0.533. The van der Waals surface area contributed by atoms with E-state index in [1.165, 1.54) is 13.2 Å². The molecule has 0 spiro atoms. The summed E-state index contributed by atoms with van der Waals surface area (Å²) in [6, 6.07) is 7.01. The maximum absolute atomic E-state index is 12.0. The lowest BCUT2D eigenvalue weighted by molar-refractivity contribution is 0.0594. The summed E-state index contributed by atoms with van der Waals surface area (Å²) in [5.41, 5.74) is 1.83. The fourth-order valence-corrected chi connectivity index (χ4v) is 2.05. The van der Waals surface area contributed by atoms with Gasteiger partial charge in [0.1, 0.15) is 5.69 Å². The van der Waals surface area contributed by atoms with Crippen molar-refractivity contribution in [3.05, 3.63) is 45.7 Å². The van der Waals surface area contributed by atoms with Crippen molar-refractivity contribution in [3.8, 4) is 0 Å². The van der Waals surface area contributed by atoms with Crippen molar-refractivity contribution in [2.75, 3.05) is 7.11 Å². The highest BCUT2D eigenvalue weighted by Crippen LogP contribution is 2.13. The Hall–Kier alpha value is -2.10. The summed E-state index contributed by atoms with van der Waals surface area (Å²) in [7, 11) is 1.29. The second-order valence-electron chi connectivity index (χ2n) is 4.52. The van der Waals surface area contributed by atoms with E-state index in [0.29, 0.717) is 10.9 Å². The van der Waals surface area contributed by atoms with Gasteiger partial charge in [0.25, 0.3) is 0 Å². The van der Waals surface area contributed by atoms with Crippen LogP contribution in [0.1, 0.15) is 35.8 Å². The first kappa shape index (κ1) is 13.3. The van der Waals surface area contributed by atoms with E-state index in [2.05, 4.69) is 16.6 Å². The molecule has 0 aliphatic carbocycles. The van der Waals surface area contributed by atoms with Gasteiger partial charge in [0, 0.05) is 17.0 Å². The van der Waals surface area contributed by atoms with E-state index in [9.17, 15) is 9.59 Å². The SMILES string of the molecule is CCCCc1ccc2[nH]c(C(=O)OC)cc(=O)c2c1. The third kappa shape index (κ3) is 2.84. The van der Waals surface area contributed by atoms with E-state index in [1.54, 1.807) is 0 Å². The number of ether oxygens (including phenoxy) is 1. The van der Waals surface area contributed by atoms with Gasteiger partial charge in [-0.15, -0.1) is 0 Å². The topological polar surface area (TPSA) is 59.2 Å². The third-order valence-corrected chi connectivity index (χ3v) is 3.12. The van der Waals surface area contributed by atoms with Crippen LogP contribution in [0.5, 0.6) is 0 Å². The molecule has 0 unspecified atom stereocenters. The van der Waals surface area contributed by atoms with Crippen LogP contribution in [0, 0.1) is 0 Å². The molecular weight excluding hydrogens is 242 g/mol. The number of carbonyl (C=O) groups excluding carboxylic acids is 1. The van der Waals surface area contributed by atoms with Gasteiger partial charge in [-0.3, -0.25) is 4.79 Å². The molecule has 1 aromatic carbocycles. The summed E-state index contributed by atoms with van der Waals surface area (Å²) < 4.78 is 4.61. The largest absolute Gasteiger partial charge is 0.464 e. The number of fused-ring (bicyclic) bond motifs is 1. The van der Waals surface area contributed by atoms with Gasteiger partial charge in [-0.05, 0) is 30.5 Å². The van der Waals surface area contributed by atoms with Crippen molar-refractivity contribution in [1.82, 2.24) is 4.98 Å². The molecule has 100 valence electrons.